The number of ether oxygens (including phenoxy) is 1. The van der Waals surface area contributed by atoms with E-state index in [2.05, 4.69) is 17.2 Å². The molecule has 0 radical (unpaired) electrons. The Kier molecular flexibility index (Phi) is 6.42. The molecule has 0 aliphatic carbocycles. The second-order valence-electron chi connectivity index (χ2n) is 5.69. The van der Waals surface area contributed by atoms with Gasteiger partial charge in [0.15, 0.2) is 0 Å². The SMILES string of the molecule is COc1ccc(C#Cc2ccc(CN[C@@H](C(=O)O)C(C)C)s2)cc1. The zero-order valence-electron chi connectivity index (χ0n) is 14.0. The molecule has 0 saturated carbocycles. The average molecular weight is 343 g/mol. The van der Waals surface area contributed by atoms with Gasteiger partial charge in [0.1, 0.15) is 11.8 Å². The number of rotatable bonds is 6. The number of benzene rings is 1. The molecule has 0 spiro atoms. The molecule has 0 saturated heterocycles. The van der Waals surface area contributed by atoms with Crippen LogP contribution in [0.1, 0.15) is 29.2 Å². The quantitative estimate of drug-likeness (QED) is 0.790. The summed E-state index contributed by atoms with van der Waals surface area (Å²) in [7, 11) is 1.64. The van der Waals surface area contributed by atoms with Gasteiger partial charge in [-0.05, 0) is 42.3 Å². The van der Waals surface area contributed by atoms with Crippen molar-refractivity contribution in [3.05, 3.63) is 51.7 Å². The molecule has 0 aliphatic rings. The van der Waals surface area contributed by atoms with Gasteiger partial charge in [-0.15, -0.1) is 11.3 Å². The van der Waals surface area contributed by atoms with Crippen molar-refractivity contribution in [2.75, 3.05) is 7.11 Å². The predicted octanol–water partition coefficient (Wildman–Crippen LogP) is 3.36. The first-order valence-electron chi connectivity index (χ1n) is 7.70. The van der Waals surface area contributed by atoms with Crippen molar-refractivity contribution in [1.29, 1.82) is 0 Å². The summed E-state index contributed by atoms with van der Waals surface area (Å²) < 4.78 is 5.12. The van der Waals surface area contributed by atoms with E-state index in [1.165, 1.54) is 0 Å². The minimum Gasteiger partial charge on any atom is -0.497 e. The van der Waals surface area contributed by atoms with Crippen molar-refractivity contribution >= 4 is 17.3 Å². The molecule has 0 amide bonds. The first-order valence-corrected chi connectivity index (χ1v) is 8.52. The Morgan fingerprint density at radius 1 is 1.21 bits per heavy atom. The Morgan fingerprint density at radius 3 is 2.50 bits per heavy atom. The third-order valence-electron chi connectivity index (χ3n) is 3.51. The standard InChI is InChI=1S/C19H21NO3S/c1-13(2)18(19(21)22)20-12-17-11-10-16(24-17)9-6-14-4-7-15(23-3)8-5-14/h4-5,7-8,10-11,13,18,20H,12H2,1-3H3,(H,21,22)/t18-/m1/s1. The lowest BCUT2D eigenvalue weighted by atomic mass is 10.1. The van der Waals surface area contributed by atoms with Gasteiger partial charge in [-0.25, -0.2) is 0 Å². The molecule has 24 heavy (non-hydrogen) atoms. The number of aliphatic carboxylic acids is 1. The molecule has 126 valence electrons. The molecule has 4 nitrogen and oxygen atoms in total. The highest BCUT2D eigenvalue weighted by Gasteiger charge is 2.20. The van der Waals surface area contributed by atoms with Gasteiger partial charge in [-0.1, -0.05) is 25.7 Å². The van der Waals surface area contributed by atoms with Gasteiger partial charge in [0, 0.05) is 17.0 Å². The smallest absolute Gasteiger partial charge is 0.320 e. The zero-order valence-corrected chi connectivity index (χ0v) is 14.8. The molecule has 5 heteroatoms. The van der Waals surface area contributed by atoms with Gasteiger partial charge in [-0.3, -0.25) is 10.1 Å². The number of thiophene rings is 1. The van der Waals surface area contributed by atoms with E-state index in [-0.39, 0.29) is 5.92 Å². The fraction of sp³-hybridized carbons (Fsp3) is 0.316. The summed E-state index contributed by atoms with van der Waals surface area (Å²) in [5.74, 6) is 6.28. The van der Waals surface area contributed by atoms with Crippen LogP contribution in [0.5, 0.6) is 5.75 Å². The van der Waals surface area contributed by atoms with Gasteiger partial charge in [0.25, 0.3) is 0 Å². The summed E-state index contributed by atoms with van der Waals surface area (Å²) >= 11 is 1.57. The lowest BCUT2D eigenvalue weighted by Gasteiger charge is -2.17. The zero-order chi connectivity index (χ0) is 17.5. The molecule has 1 aromatic heterocycles. The van der Waals surface area contributed by atoms with E-state index in [0.717, 1.165) is 21.1 Å². The Bertz CT molecular complexity index is 738. The first kappa shape index (κ1) is 18.1. The molecule has 0 fully saturated rings. The van der Waals surface area contributed by atoms with Crippen LogP contribution in [0.25, 0.3) is 0 Å². The molecule has 2 N–H and O–H groups in total. The highest BCUT2D eigenvalue weighted by atomic mass is 32.1. The Morgan fingerprint density at radius 2 is 1.92 bits per heavy atom. The maximum atomic E-state index is 11.2. The van der Waals surface area contributed by atoms with Crippen LogP contribution in [0.4, 0.5) is 0 Å². The van der Waals surface area contributed by atoms with Crippen LogP contribution in [-0.2, 0) is 11.3 Å². The number of carbonyl (C=O) groups is 1. The van der Waals surface area contributed by atoms with E-state index in [1.807, 2.05) is 50.2 Å². The van der Waals surface area contributed by atoms with Crippen LogP contribution >= 0.6 is 11.3 Å². The summed E-state index contributed by atoms with van der Waals surface area (Å²) in [6, 6.07) is 11.0. The van der Waals surface area contributed by atoms with Gasteiger partial charge >= 0.3 is 5.97 Å². The fourth-order valence-electron chi connectivity index (χ4n) is 2.17. The lowest BCUT2D eigenvalue weighted by molar-refractivity contribution is -0.140. The van der Waals surface area contributed by atoms with E-state index < -0.39 is 12.0 Å². The van der Waals surface area contributed by atoms with Crippen molar-refractivity contribution in [1.82, 2.24) is 5.32 Å². The largest absolute Gasteiger partial charge is 0.497 e. The molecular weight excluding hydrogens is 322 g/mol. The maximum Gasteiger partial charge on any atom is 0.320 e. The van der Waals surface area contributed by atoms with Crippen molar-refractivity contribution in [3.8, 4) is 17.6 Å². The number of nitrogens with one attached hydrogen (secondary N) is 1. The summed E-state index contributed by atoms with van der Waals surface area (Å²) in [5, 5.41) is 12.3. The molecule has 1 aromatic carbocycles. The van der Waals surface area contributed by atoms with Crippen molar-refractivity contribution in [2.24, 2.45) is 5.92 Å². The third-order valence-corrected chi connectivity index (χ3v) is 4.51. The Hall–Kier alpha value is -2.29. The average Bonchev–Trinajstić information content (AvgIpc) is 3.01. The van der Waals surface area contributed by atoms with E-state index in [9.17, 15) is 9.90 Å². The van der Waals surface area contributed by atoms with Crippen LogP contribution in [0, 0.1) is 17.8 Å². The van der Waals surface area contributed by atoms with E-state index in [4.69, 9.17) is 4.74 Å². The van der Waals surface area contributed by atoms with Crippen LogP contribution in [0.15, 0.2) is 36.4 Å². The molecule has 1 heterocycles. The van der Waals surface area contributed by atoms with Crippen LogP contribution in [0.3, 0.4) is 0 Å². The number of methoxy groups -OCH3 is 1. The molecule has 0 aliphatic heterocycles. The highest BCUT2D eigenvalue weighted by Crippen LogP contribution is 2.17. The van der Waals surface area contributed by atoms with Gasteiger partial charge < -0.3 is 9.84 Å². The van der Waals surface area contributed by atoms with E-state index in [1.54, 1.807) is 18.4 Å². The highest BCUT2D eigenvalue weighted by molar-refractivity contribution is 7.12. The molecule has 0 unspecified atom stereocenters. The predicted molar refractivity (Wildman–Crippen MR) is 96.4 cm³/mol. The normalized spacial score (nSPS) is 11.7. The van der Waals surface area contributed by atoms with Gasteiger partial charge in [-0.2, -0.15) is 0 Å². The van der Waals surface area contributed by atoms with Crippen LogP contribution in [-0.4, -0.2) is 24.2 Å². The number of hydrogen-bond acceptors (Lipinski definition) is 4. The summed E-state index contributed by atoms with van der Waals surface area (Å²) in [6.07, 6.45) is 0. The van der Waals surface area contributed by atoms with Crippen molar-refractivity contribution < 1.29 is 14.6 Å². The second kappa shape index (κ2) is 8.53. The van der Waals surface area contributed by atoms with Crippen molar-refractivity contribution in [3.63, 3.8) is 0 Å². The number of carboxylic acid groups (broad SMARTS) is 1. The molecule has 2 rings (SSSR count). The fourth-order valence-corrected chi connectivity index (χ4v) is 2.98. The van der Waals surface area contributed by atoms with Crippen LogP contribution in [0.2, 0.25) is 0 Å². The van der Waals surface area contributed by atoms with Gasteiger partial charge in [0.05, 0.1) is 12.0 Å². The maximum absolute atomic E-state index is 11.2. The van der Waals surface area contributed by atoms with E-state index in [0.29, 0.717) is 6.54 Å². The van der Waals surface area contributed by atoms with Crippen molar-refractivity contribution in [2.45, 2.75) is 26.4 Å². The van der Waals surface area contributed by atoms with Gasteiger partial charge in [0.2, 0.25) is 0 Å². The molecule has 0 bridgehead atoms. The Balaban J connectivity index is 1.98. The number of carboxylic acids is 1. The topological polar surface area (TPSA) is 58.6 Å². The molecular formula is C19H21NO3S. The summed E-state index contributed by atoms with van der Waals surface area (Å²) in [6.45, 7) is 4.32. The summed E-state index contributed by atoms with van der Waals surface area (Å²) in [5.41, 5.74) is 0.926. The summed E-state index contributed by atoms with van der Waals surface area (Å²) in [4.78, 5) is 13.2. The minimum atomic E-state index is -0.818. The molecule has 1 atom stereocenters. The third kappa shape index (κ3) is 5.12. The first-order chi connectivity index (χ1) is 11.5. The molecule has 2 aromatic rings. The van der Waals surface area contributed by atoms with Crippen LogP contribution < -0.4 is 10.1 Å². The Labute approximate surface area is 146 Å². The lowest BCUT2D eigenvalue weighted by Crippen LogP contribution is -2.40. The number of hydrogen-bond donors (Lipinski definition) is 2. The second-order valence-corrected chi connectivity index (χ2v) is 6.85. The monoisotopic (exact) mass is 343 g/mol. The minimum absolute atomic E-state index is 0.0387. The van der Waals surface area contributed by atoms with E-state index >= 15 is 0 Å².